The van der Waals surface area contributed by atoms with Crippen LogP contribution in [0.1, 0.15) is 38.5 Å². The second kappa shape index (κ2) is 2.73. The van der Waals surface area contributed by atoms with E-state index in [-0.39, 0.29) is 16.9 Å². The van der Waals surface area contributed by atoms with Crippen LogP contribution in [0, 0.1) is 27.4 Å². The Hall–Kier alpha value is -0.640. The van der Waals surface area contributed by atoms with Crippen molar-refractivity contribution in [3.8, 4) is 0 Å². The molecule has 2 atom stereocenters. The molecule has 0 aromatic carbocycles. The molecule has 0 spiro atoms. The first-order valence-electron chi connectivity index (χ1n) is 5.83. The molecule has 0 radical (unpaired) electrons. The van der Waals surface area contributed by atoms with Crippen LogP contribution in [0.25, 0.3) is 0 Å². The minimum atomic E-state index is -0.674. The molecule has 4 rings (SSSR count). The van der Waals surface area contributed by atoms with E-state index in [1.165, 1.54) is 0 Å². The van der Waals surface area contributed by atoms with Crippen LogP contribution in [0.5, 0.6) is 0 Å². The average molecular weight is 211 g/mol. The van der Waals surface area contributed by atoms with Gasteiger partial charge in [0.1, 0.15) is 0 Å². The van der Waals surface area contributed by atoms with Gasteiger partial charge in [-0.2, -0.15) is 0 Å². The van der Waals surface area contributed by atoms with Gasteiger partial charge in [0.25, 0.3) is 0 Å². The minimum absolute atomic E-state index is 0.0467. The molecule has 0 saturated heterocycles. The number of rotatable bonds is 2. The Bertz CT molecular complexity index is 301. The van der Waals surface area contributed by atoms with Gasteiger partial charge in [-0.05, 0) is 31.1 Å². The molecule has 0 aliphatic heterocycles. The molecule has 84 valence electrons. The van der Waals surface area contributed by atoms with Gasteiger partial charge in [-0.15, -0.1) is 0 Å². The molecule has 2 unspecified atom stereocenters. The summed E-state index contributed by atoms with van der Waals surface area (Å²) in [5.41, 5.74) is -0.774. The first-order valence-corrected chi connectivity index (χ1v) is 5.83. The molecule has 4 heteroatoms. The zero-order chi connectivity index (χ0) is 10.7. The van der Waals surface area contributed by atoms with Crippen LogP contribution in [-0.2, 0) is 0 Å². The van der Waals surface area contributed by atoms with Crippen LogP contribution < -0.4 is 0 Å². The zero-order valence-electron chi connectivity index (χ0n) is 8.82. The van der Waals surface area contributed by atoms with Crippen molar-refractivity contribution in [2.24, 2.45) is 17.3 Å². The summed E-state index contributed by atoms with van der Waals surface area (Å²) in [6.07, 6.45) is 5.36. The lowest BCUT2D eigenvalue weighted by Gasteiger charge is -2.57. The predicted molar refractivity (Wildman–Crippen MR) is 53.9 cm³/mol. The summed E-state index contributed by atoms with van der Waals surface area (Å²) < 4.78 is 0. The maximum Gasteiger partial charge on any atom is 0.223 e. The van der Waals surface area contributed by atoms with Crippen LogP contribution in [0.15, 0.2) is 0 Å². The maximum absolute atomic E-state index is 11.2. The van der Waals surface area contributed by atoms with E-state index in [0.29, 0.717) is 18.3 Å². The largest absolute Gasteiger partial charge is 0.396 e. The fourth-order valence-electron chi connectivity index (χ4n) is 4.80. The van der Waals surface area contributed by atoms with Gasteiger partial charge in [0.2, 0.25) is 5.54 Å². The molecule has 4 fully saturated rings. The Kier molecular flexibility index (Phi) is 1.74. The predicted octanol–water partition coefficient (Wildman–Crippen LogP) is 1.59. The third-order valence-electron chi connectivity index (χ3n) is 4.87. The highest BCUT2D eigenvalue weighted by Crippen LogP contribution is 2.62. The highest BCUT2D eigenvalue weighted by molar-refractivity contribution is 5.08. The van der Waals surface area contributed by atoms with Crippen LogP contribution in [0.2, 0.25) is 0 Å². The highest BCUT2D eigenvalue weighted by Gasteiger charge is 2.63. The maximum atomic E-state index is 11.2. The standard InChI is InChI=1S/C11H17NO3/c13-7-10-2-8-1-9(3-10)5-11(4-8,6-10)12(14)15/h8-9,13H,1-7H2. The lowest BCUT2D eigenvalue weighted by atomic mass is 9.47. The monoisotopic (exact) mass is 211 g/mol. The summed E-state index contributed by atoms with van der Waals surface area (Å²) in [6, 6.07) is 0. The van der Waals surface area contributed by atoms with E-state index in [1.54, 1.807) is 0 Å². The van der Waals surface area contributed by atoms with Gasteiger partial charge >= 0.3 is 0 Å². The fourth-order valence-corrected chi connectivity index (χ4v) is 4.80. The summed E-state index contributed by atoms with van der Waals surface area (Å²) in [4.78, 5) is 11.2. The number of hydrogen-bond acceptors (Lipinski definition) is 3. The van der Waals surface area contributed by atoms with Crippen molar-refractivity contribution in [1.82, 2.24) is 0 Å². The first-order chi connectivity index (χ1) is 7.07. The van der Waals surface area contributed by atoms with Crippen LogP contribution in [0.3, 0.4) is 0 Å². The van der Waals surface area contributed by atoms with Crippen molar-refractivity contribution in [3.63, 3.8) is 0 Å². The molecule has 0 aromatic rings. The Morgan fingerprint density at radius 1 is 1.27 bits per heavy atom. The SMILES string of the molecule is O=[N+]([O-])C12CC3CC(CC(CO)(C3)C1)C2. The average Bonchev–Trinajstić information content (AvgIpc) is 2.15. The molecule has 1 N–H and O–H groups in total. The second-order valence-electron chi connectivity index (χ2n) is 6.10. The molecule has 0 heterocycles. The van der Waals surface area contributed by atoms with E-state index in [2.05, 4.69) is 0 Å². The van der Waals surface area contributed by atoms with Crippen molar-refractivity contribution in [2.45, 2.75) is 44.1 Å². The van der Waals surface area contributed by atoms with Crippen molar-refractivity contribution in [1.29, 1.82) is 0 Å². The molecule has 15 heavy (non-hydrogen) atoms. The van der Waals surface area contributed by atoms with Crippen molar-refractivity contribution in [3.05, 3.63) is 10.1 Å². The summed E-state index contributed by atoms with van der Waals surface area (Å²) in [6.45, 7) is 0.148. The van der Waals surface area contributed by atoms with E-state index in [9.17, 15) is 15.2 Å². The van der Waals surface area contributed by atoms with Gasteiger partial charge < -0.3 is 5.11 Å². The van der Waals surface area contributed by atoms with Gasteiger partial charge in [-0.25, -0.2) is 0 Å². The van der Waals surface area contributed by atoms with Crippen LogP contribution in [0.4, 0.5) is 0 Å². The van der Waals surface area contributed by atoms with Gasteiger partial charge in [0.15, 0.2) is 0 Å². The minimum Gasteiger partial charge on any atom is -0.396 e. The second-order valence-corrected chi connectivity index (χ2v) is 6.10. The molecule has 4 saturated carbocycles. The smallest absolute Gasteiger partial charge is 0.223 e. The Labute approximate surface area is 88.8 Å². The molecule has 4 aliphatic carbocycles. The Morgan fingerprint density at radius 3 is 2.33 bits per heavy atom. The molecule has 4 nitrogen and oxygen atoms in total. The third-order valence-corrected chi connectivity index (χ3v) is 4.87. The van der Waals surface area contributed by atoms with Gasteiger partial charge in [-0.3, -0.25) is 10.1 Å². The van der Waals surface area contributed by atoms with Gasteiger partial charge in [0, 0.05) is 36.2 Å². The molecule has 4 aliphatic rings. The number of aliphatic hydroxyl groups excluding tert-OH is 1. The first kappa shape index (κ1) is 9.58. The molecular formula is C11H17NO3. The Morgan fingerprint density at radius 2 is 1.87 bits per heavy atom. The fraction of sp³-hybridized carbons (Fsp3) is 1.00. The quantitative estimate of drug-likeness (QED) is 0.557. The van der Waals surface area contributed by atoms with Crippen LogP contribution in [-0.4, -0.2) is 22.2 Å². The van der Waals surface area contributed by atoms with Crippen molar-refractivity contribution >= 4 is 0 Å². The normalized spacial score (nSPS) is 52.1. The van der Waals surface area contributed by atoms with Gasteiger partial charge in [0.05, 0.1) is 0 Å². The lowest BCUT2D eigenvalue weighted by molar-refractivity contribution is -0.592. The van der Waals surface area contributed by atoms with E-state index < -0.39 is 5.54 Å². The van der Waals surface area contributed by atoms with E-state index in [4.69, 9.17) is 0 Å². The number of aliphatic hydroxyl groups is 1. The summed E-state index contributed by atoms with van der Waals surface area (Å²) >= 11 is 0. The molecule has 0 amide bonds. The van der Waals surface area contributed by atoms with Crippen LogP contribution >= 0.6 is 0 Å². The molecular weight excluding hydrogens is 194 g/mol. The molecule has 4 bridgehead atoms. The summed E-state index contributed by atoms with van der Waals surface area (Å²) in [5.74, 6) is 1.01. The van der Waals surface area contributed by atoms with Crippen molar-refractivity contribution in [2.75, 3.05) is 6.61 Å². The van der Waals surface area contributed by atoms with Crippen molar-refractivity contribution < 1.29 is 10.0 Å². The lowest BCUT2D eigenvalue weighted by Crippen LogP contribution is -2.60. The summed E-state index contributed by atoms with van der Waals surface area (Å²) in [5, 5.41) is 20.7. The highest BCUT2D eigenvalue weighted by atomic mass is 16.6. The topological polar surface area (TPSA) is 63.4 Å². The van der Waals surface area contributed by atoms with E-state index in [1.807, 2.05) is 0 Å². The Balaban J connectivity index is 1.99. The third kappa shape index (κ3) is 1.17. The number of hydrogen-bond donors (Lipinski definition) is 1. The molecule has 0 aromatic heterocycles. The van der Waals surface area contributed by atoms with E-state index >= 15 is 0 Å². The van der Waals surface area contributed by atoms with E-state index in [0.717, 1.165) is 32.1 Å². The zero-order valence-corrected chi connectivity index (χ0v) is 8.82. The van der Waals surface area contributed by atoms with Gasteiger partial charge in [-0.1, -0.05) is 0 Å². The number of nitro groups is 1. The number of nitrogens with zero attached hydrogens (tertiary/aromatic N) is 1. The summed E-state index contributed by atoms with van der Waals surface area (Å²) in [7, 11) is 0.